The molecule has 126 valence electrons. The molecule has 0 aromatic heterocycles. The number of sulfonamides is 1. The highest BCUT2D eigenvalue weighted by Crippen LogP contribution is 2.20. The maximum Gasteiger partial charge on any atom is 0.426 e. The number of methoxy groups -OCH3 is 1. The summed E-state index contributed by atoms with van der Waals surface area (Å²) in [7, 11) is -2.93. The Morgan fingerprint density at radius 1 is 1.04 bits per heavy atom. The fraction of sp³-hybridized carbons (Fsp3) is 0.0667. The van der Waals surface area contributed by atoms with Crippen LogP contribution < -0.4 is 9.46 Å². The van der Waals surface area contributed by atoms with Crippen molar-refractivity contribution >= 4 is 33.7 Å². The molecule has 0 aliphatic carbocycles. The first-order valence-electron chi connectivity index (χ1n) is 6.51. The summed E-state index contributed by atoms with van der Waals surface area (Å²) >= 11 is 5.80. The molecule has 1 N–H and O–H groups in total. The molecule has 0 aliphatic heterocycles. The van der Waals surface area contributed by atoms with E-state index in [1.165, 1.54) is 49.6 Å². The van der Waals surface area contributed by atoms with Crippen molar-refractivity contribution in [1.82, 2.24) is 4.72 Å². The monoisotopic (exact) mass is 369 g/mol. The largest absolute Gasteiger partial charge is 0.465 e. The van der Waals surface area contributed by atoms with E-state index in [1.807, 2.05) is 0 Å². The SMILES string of the molecule is COC(=O)c1ccc(OC(=O)NS(=O)(=O)c2ccccc2Cl)cc1. The zero-order valence-electron chi connectivity index (χ0n) is 12.4. The van der Waals surface area contributed by atoms with Crippen molar-refractivity contribution in [2.24, 2.45) is 0 Å². The normalized spacial score (nSPS) is 10.8. The van der Waals surface area contributed by atoms with Crippen LogP contribution in [0.5, 0.6) is 5.75 Å². The topological polar surface area (TPSA) is 98.8 Å². The maximum absolute atomic E-state index is 12.1. The predicted molar refractivity (Wildman–Crippen MR) is 85.6 cm³/mol. The van der Waals surface area contributed by atoms with E-state index in [1.54, 1.807) is 10.8 Å². The van der Waals surface area contributed by atoms with E-state index in [-0.39, 0.29) is 21.2 Å². The highest BCUT2D eigenvalue weighted by molar-refractivity contribution is 7.90. The van der Waals surface area contributed by atoms with Gasteiger partial charge in [-0.05, 0) is 36.4 Å². The second kappa shape index (κ2) is 7.33. The summed E-state index contributed by atoms with van der Waals surface area (Å²) in [4.78, 5) is 22.8. The summed E-state index contributed by atoms with van der Waals surface area (Å²) in [6.45, 7) is 0. The Hall–Kier alpha value is -2.58. The number of amides is 1. The second-order valence-corrected chi connectivity index (χ2v) is 6.50. The van der Waals surface area contributed by atoms with Crippen LogP contribution in [0.15, 0.2) is 53.4 Å². The lowest BCUT2D eigenvalue weighted by molar-refractivity contribution is 0.0600. The van der Waals surface area contributed by atoms with Gasteiger partial charge in [-0.2, -0.15) is 0 Å². The molecular weight excluding hydrogens is 358 g/mol. The fourth-order valence-electron chi connectivity index (χ4n) is 1.73. The average molecular weight is 370 g/mol. The number of carbonyl (C=O) groups is 2. The Morgan fingerprint density at radius 2 is 1.67 bits per heavy atom. The van der Waals surface area contributed by atoms with Crippen molar-refractivity contribution in [1.29, 1.82) is 0 Å². The minimum Gasteiger partial charge on any atom is -0.465 e. The highest BCUT2D eigenvalue weighted by Gasteiger charge is 2.21. The van der Waals surface area contributed by atoms with Crippen LogP contribution in [0.1, 0.15) is 10.4 Å². The number of rotatable bonds is 4. The first kappa shape index (κ1) is 17.8. The third kappa shape index (κ3) is 4.24. The first-order valence-corrected chi connectivity index (χ1v) is 8.37. The number of ether oxygens (including phenoxy) is 2. The third-order valence-electron chi connectivity index (χ3n) is 2.83. The molecule has 7 nitrogen and oxygen atoms in total. The number of halogens is 1. The summed E-state index contributed by atoms with van der Waals surface area (Å²) in [5.41, 5.74) is 0.258. The molecule has 1 amide bonds. The highest BCUT2D eigenvalue weighted by atomic mass is 35.5. The van der Waals surface area contributed by atoms with Crippen LogP contribution in [-0.2, 0) is 14.8 Å². The average Bonchev–Trinajstić information content (AvgIpc) is 2.54. The van der Waals surface area contributed by atoms with E-state index < -0.39 is 22.1 Å². The van der Waals surface area contributed by atoms with Gasteiger partial charge in [0.25, 0.3) is 10.0 Å². The Kier molecular flexibility index (Phi) is 5.42. The summed E-state index contributed by atoms with van der Waals surface area (Å²) < 4.78 is 35.3. The molecule has 0 bridgehead atoms. The second-order valence-electron chi connectivity index (χ2n) is 4.44. The van der Waals surface area contributed by atoms with Gasteiger partial charge in [0, 0.05) is 0 Å². The van der Waals surface area contributed by atoms with E-state index >= 15 is 0 Å². The molecule has 0 spiro atoms. The molecule has 24 heavy (non-hydrogen) atoms. The smallest absolute Gasteiger partial charge is 0.426 e. The lowest BCUT2D eigenvalue weighted by atomic mass is 10.2. The van der Waals surface area contributed by atoms with E-state index in [2.05, 4.69) is 4.74 Å². The molecule has 2 aromatic carbocycles. The van der Waals surface area contributed by atoms with Crippen molar-refractivity contribution < 1.29 is 27.5 Å². The van der Waals surface area contributed by atoms with Crippen molar-refractivity contribution in [2.45, 2.75) is 4.90 Å². The van der Waals surface area contributed by atoms with Crippen LogP contribution in [-0.4, -0.2) is 27.6 Å². The van der Waals surface area contributed by atoms with Crippen LogP contribution in [0.2, 0.25) is 5.02 Å². The zero-order valence-corrected chi connectivity index (χ0v) is 13.9. The quantitative estimate of drug-likeness (QED) is 0.832. The molecule has 9 heteroatoms. The van der Waals surface area contributed by atoms with Gasteiger partial charge in [-0.1, -0.05) is 23.7 Å². The molecule has 0 heterocycles. The molecule has 0 atom stereocenters. The summed E-state index contributed by atoms with van der Waals surface area (Å²) in [5, 5.41) is -0.0276. The van der Waals surface area contributed by atoms with Crippen molar-refractivity contribution in [3.05, 3.63) is 59.1 Å². The number of hydrogen-bond acceptors (Lipinski definition) is 6. The maximum atomic E-state index is 12.1. The van der Waals surface area contributed by atoms with E-state index in [9.17, 15) is 18.0 Å². The molecule has 0 unspecified atom stereocenters. The minimum absolute atomic E-state index is 0.0276. The standard InChI is InChI=1S/C15H12ClNO6S/c1-22-14(18)10-6-8-11(9-7-10)23-15(19)17-24(20,21)13-5-3-2-4-12(13)16/h2-9H,1H3,(H,17,19). The summed E-state index contributed by atoms with van der Waals surface area (Å²) in [6.07, 6.45) is -1.21. The van der Waals surface area contributed by atoms with Gasteiger partial charge < -0.3 is 9.47 Å². The number of esters is 1. The minimum atomic E-state index is -4.17. The number of nitrogens with one attached hydrogen (secondary N) is 1. The van der Waals surface area contributed by atoms with Crippen LogP contribution in [0.4, 0.5) is 4.79 Å². The Bertz CT molecular complexity index is 864. The van der Waals surface area contributed by atoms with Gasteiger partial charge in [0.05, 0.1) is 17.7 Å². The Morgan fingerprint density at radius 3 is 2.25 bits per heavy atom. The molecule has 0 saturated heterocycles. The van der Waals surface area contributed by atoms with E-state index in [4.69, 9.17) is 16.3 Å². The van der Waals surface area contributed by atoms with Crippen molar-refractivity contribution in [3.8, 4) is 5.75 Å². The first-order chi connectivity index (χ1) is 11.3. The Labute approximate surface area is 143 Å². The van der Waals surface area contributed by atoms with Gasteiger partial charge in [0.2, 0.25) is 0 Å². The third-order valence-corrected chi connectivity index (χ3v) is 4.64. The number of benzene rings is 2. The molecule has 0 aliphatic rings. The van der Waals surface area contributed by atoms with Crippen LogP contribution in [0, 0.1) is 0 Å². The van der Waals surface area contributed by atoms with Crippen LogP contribution >= 0.6 is 11.6 Å². The van der Waals surface area contributed by atoms with Gasteiger partial charge in [0.1, 0.15) is 10.6 Å². The molecular formula is C15H12ClNO6S. The molecule has 0 radical (unpaired) electrons. The van der Waals surface area contributed by atoms with Crippen LogP contribution in [0.25, 0.3) is 0 Å². The van der Waals surface area contributed by atoms with E-state index in [0.29, 0.717) is 0 Å². The van der Waals surface area contributed by atoms with Crippen molar-refractivity contribution in [3.63, 3.8) is 0 Å². The van der Waals surface area contributed by atoms with Gasteiger partial charge in [-0.25, -0.2) is 22.7 Å². The number of hydrogen-bond donors (Lipinski definition) is 1. The van der Waals surface area contributed by atoms with Gasteiger partial charge in [-0.3, -0.25) is 0 Å². The summed E-state index contributed by atoms with van der Waals surface area (Å²) in [6, 6.07) is 11.1. The molecule has 0 saturated carbocycles. The molecule has 0 fully saturated rings. The molecule has 2 rings (SSSR count). The number of carbonyl (C=O) groups excluding carboxylic acids is 2. The van der Waals surface area contributed by atoms with Crippen LogP contribution in [0.3, 0.4) is 0 Å². The predicted octanol–water partition coefficient (Wildman–Crippen LogP) is 2.60. The van der Waals surface area contributed by atoms with Gasteiger partial charge in [-0.15, -0.1) is 0 Å². The van der Waals surface area contributed by atoms with E-state index in [0.717, 1.165) is 0 Å². The zero-order chi connectivity index (χ0) is 17.7. The lowest BCUT2D eigenvalue weighted by Gasteiger charge is -2.09. The van der Waals surface area contributed by atoms with Gasteiger partial charge >= 0.3 is 12.1 Å². The van der Waals surface area contributed by atoms with Gasteiger partial charge in [0.15, 0.2) is 0 Å². The lowest BCUT2D eigenvalue weighted by Crippen LogP contribution is -2.33. The summed E-state index contributed by atoms with van der Waals surface area (Å²) in [5.74, 6) is -0.498. The Balaban J connectivity index is 2.08. The fourth-order valence-corrected chi connectivity index (χ4v) is 3.13. The van der Waals surface area contributed by atoms with Crippen molar-refractivity contribution in [2.75, 3.05) is 7.11 Å². The molecule has 2 aromatic rings.